The topological polar surface area (TPSA) is 43.4 Å². The number of rotatable bonds is 4. The number of fused-ring (bicyclic) bond motifs is 1. The normalized spacial score (nSPS) is 18.3. The van der Waals surface area contributed by atoms with Crippen LogP contribution >= 0.6 is 11.3 Å². The molecular formula is C13H16N2O2S. The fraction of sp³-hybridized carbons (Fsp3) is 0.462. The Balaban J connectivity index is 1.59. The minimum atomic E-state index is -0.427. The lowest BCUT2D eigenvalue weighted by Crippen LogP contribution is -2.28. The molecule has 1 fully saturated rings. The van der Waals surface area contributed by atoms with Crippen LogP contribution in [0.25, 0.3) is 10.2 Å². The van der Waals surface area contributed by atoms with E-state index in [2.05, 4.69) is 16.4 Å². The van der Waals surface area contributed by atoms with E-state index in [1.165, 1.54) is 4.70 Å². The van der Waals surface area contributed by atoms with Gasteiger partial charge >= 0.3 is 0 Å². The number of para-hydroxylation sites is 1. The zero-order valence-corrected chi connectivity index (χ0v) is 11.1. The molecule has 0 saturated carbocycles. The minimum Gasteiger partial charge on any atom is -0.361 e. The molecule has 3 rings (SSSR count). The molecule has 96 valence electrons. The number of aromatic nitrogens is 1. The van der Waals surface area contributed by atoms with Crippen LogP contribution in [0.1, 0.15) is 13.3 Å². The van der Waals surface area contributed by atoms with Gasteiger partial charge in [-0.3, -0.25) is 0 Å². The van der Waals surface area contributed by atoms with Crippen molar-refractivity contribution in [1.29, 1.82) is 0 Å². The summed E-state index contributed by atoms with van der Waals surface area (Å²) in [6.45, 7) is 4.17. The molecule has 2 heterocycles. The van der Waals surface area contributed by atoms with Crippen molar-refractivity contribution < 1.29 is 9.47 Å². The lowest BCUT2D eigenvalue weighted by molar-refractivity contribution is -0.144. The molecular weight excluding hydrogens is 248 g/mol. The number of nitrogens with zero attached hydrogens (tertiary/aromatic N) is 1. The first-order chi connectivity index (χ1) is 8.75. The Labute approximate surface area is 110 Å². The highest BCUT2D eigenvalue weighted by Gasteiger charge is 2.30. The van der Waals surface area contributed by atoms with Crippen LogP contribution in [0.2, 0.25) is 0 Å². The van der Waals surface area contributed by atoms with Gasteiger partial charge < -0.3 is 14.8 Å². The number of ether oxygens (including phenoxy) is 2. The van der Waals surface area contributed by atoms with E-state index >= 15 is 0 Å². The fourth-order valence-corrected chi connectivity index (χ4v) is 2.94. The zero-order chi connectivity index (χ0) is 12.4. The molecule has 0 aliphatic carbocycles. The Hall–Kier alpha value is -1.17. The summed E-state index contributed by atoms with van der Waals surface area (Å²) in [4.78, 5) is 4.53. The summed E-state index contributed by atoms with van der Waals surface area (Å²) in [6, 6.07) is 8.16. The Morgan fingerprint density at radius 1 is 1.33 bits per heavy atom. The zero-order valence-electron chi connectivity index (χ0n) is 10.3. The van der Waals surface area contributed by atoms with Crippen LogP contribution in [0.5, 0.6) is 0 Å². The highest BCUT2D eigenvalue weighted by molar-refractivity contribution is 7.22. The van der Waals surface area contributed by atoms with Gasteiger partial charge in [-0.25, -0.2) is 4.98 Å². The van der Waals surface area contributed by atoms with Crippen molar-refractivity contribution in [3.05, 3.63) is 24.3 Å². The van der Waals surface area contributed by atoms with Crippen LogP contribution in [-0.4, -0.2) is 30.5 Å². The molecule has 0 amide bonds. The van der Waals surface area contributed by atoms with Crippen LogP contribution in [0.3, 0.4) is 0 Å². The van der Waals surface area contributed by atoms with Gasteiger partial charge in [-0.05, 0) is 19.1 Å². The summed E-state index contributed by atoms with van der Waals surface area (Å²) < 4.78 is 12.3. The third-order valence-electron chi connectivity index (χ3n) is 3.05. The van der Waals surface area contributed by atoms with Gasteiger partial charge in [0.2, 0.25) is 0 Å². The average Bonchev–Trinajstić information content (AvgIpc) is 2.95. The number of nitrogens with one attached hydrogen (secondary N) is 1. The number of thiazole rings is 1. The maximum Gasteiger partial charge on any atom is 0.183 e. The minimum absolute atomic E-state index is 0.427. The molecule has 0 atom stereocenters. The van der Waals surface area contributed by atoms with E-state index in [-0.39, 0.29) is 0 Å². The first-order valence-corrected chi connectivity index (χ1v) is 6.94. The van der Waals surface area contributed by atoms with E-state index in [1.807, 2.05) is 25.1 Å². The van der Waals surface area contributed by atoms with Gasteiger partial charge in [0.1, 0.15) is 0 Å². The Morgan fingerprint density at radius 3 is 2.89 bits per heavy atom. The van der Waals surface area contributed by atoms with E-state index in [9.17, 15) is 0 Å². The van der Waals surface area contributed by atoms with Crippen LogP contribution in [-0.2, 0) is 9.47 Å². The molecule has 0 radical (unpaired) electrons. The van der Waals surface area contributed by atoms with Gasteiger partial charge in [0.25, 0.3) is 0 Å². The molecule has 1 aliphatic heterocycles. The molecule has 5 heteroatoms. The maximum absolute atomic E-state index is 5.56. The Kier molecular flexibility index (Phi) is 3.20. The fourth-order valence-electron chi connectivity index (χ4n) is 2.05. The lowest BCUT2D eigenvalue weighted by Gasteiger charge is -2.21. The largest absolute Gasteiger partial charge is 0.361 e. The maximum atomic E-state index is 5.56. The molecule has 1 aliphatic rings. The van der Waals surface area contributed by atoms with Crippen molar-refractivity contribution in [3.8, 4) is 0 Å². The number of hydrogen-bond donors (Lipinski definition) is 1. The standard InChI is InChI=1S/C13H16N2O2S/c1-13(16-8-9-17-13)6-7-14-12-15-10-4-2-3-5-11(10)18-12/h2-5H,6-9H2,1H3,(H,14,15). The van der Waals surface area contributed by atoms with Crippen molar-refractivity contribution in [2.45, 2.75) is 19.1 Å². The number of benzene rings is 1. The van der Waals surface area contributed by atoms with Gasteiger partial charge in [0, 0.05) is 13.0 Å². The van der Waals surface area contributed by atoms with Crippen LogP contribution < -0.4 is 5.32 Å². The second kappa shape index (κ2) is 4.84. The molecule has 4 nitrogen and oxygen atoms in total. The quantitative estimate of drug-likeness (QED) is 0.922. The van der Waals surface area contributed by atoms with Crippen molar-refractivity contribution in [2.24, 2.45) is 0 Å². The van der Waals surface area contributed by atoms with Gasteiger partial charge in [-0.15, -0.1) is 0 Å². The summed E-state index contributed by atoms with van der Waals surface area (Å²) >= 11 is 1.67. The first kappa shape index (κ1) is 11.9. The predicted octanol–water partition coefficient (Wildman–Crippen LogP) is 2.86. The first-order valence-electron chi connectivity index (χ1n) is 6.13. The second-order valence-corrected chi connectivity index (χ2v) is 5.52. The summed E-state index contributed by atoms with van der Waals surface area (Å²) in [6.07, 6.45) is 0.822. The van der Waals surface area contributed by atoms with Gasteiger partial charge in [-0.1, -0.05) is 23.5 Å². The summed E-state index contributed by atoms with van der Waals surface area (Å²) in [5.74, 6) is -0.427. The van der Waals surface area contributed by atoms with Gasteiger partial charge in [0.15, 0.2) is 10.9 Å². The van der Waals surface area contributed by atoms with Crippen LogP contribution in [0, 0.1) is 0 Å². The third-order valence-corrected chi connectivity index (χ3v) is 4.04. The molecule has 1 aromatic carbocycles. The van der Waals surface area contributed by atoms with Crippen molar-refractivity contribution in [3.63, 3.8) is 0 Å². The molecule has 0 unspecified atom stereocenters. The number of hydrogen-bond acceptors (Lipinski definition) is 5. The molecule has 2 aromatic rings. The molecule has 1 N–H and O–H groups in total. The SMILES string of the molecule is CC1(CCNc2nc3ccccc3s2)OCCO1. The summed E-state index contributed by atoms with van der Waals surface area (Å²) in [5.41, 5.74) is 1.05. The van der Waals surface area contributed by atoms with Crippen molar-refractivity contribution >= 4 is 26.7 Å². The van der Waals surface area contributed by atoms with E-state index in [0.717, 1.165) is 23.6 Å². The highest BCUT2D eigenvalue weighted by atomic mass is 32.1. The molecule has 18 heavy (non-hydrogen) atoms. The Bertz CT molecular complexity index is 502. The predicted molar refractivity (Wildman–Crippen MR) is 73.0 cm³/mol. The van der Waals surface area contributed by atoms with E-state index in [0.29, 0.717) is 13.2 Å². The third kappa shape index (κ3) is 2.48. The highest BCUT2D eigenvalue weighted by Crippen LogP contribution is 2.26. The van der Waals surface area contributed by atoms with Gasteiger partial charge in [0.05, 0.1) is 23.4 Å². The second-order valence-electron chi connectivity index (χ2n) is 4.49. The number of anilines is 1. The smallest absolute Gasteiger partial charge is 0.183 e. The summed E-state index contributed by atoms with van der Waals surface area (Å²) in [7, 11) is 0. The van der Waals surface area contributed by atoms with E-state index in [4.69, 9.17) is 9.47 Å². The molecule has 0 spiro atoms. The van der Waals surface area contributed by atoms with Crippen molar-refractivity contribution in [2.75, 3.05) is 25.1 Å². The summed E-state index contributed by atoms with van der Waals surface area (Å²) in [5, 5.41) is 4.29. The van der Waals surface area contributed by atoms with E-state index < -0.39 is 5.79 Å². The average molecular weight is 264 g/mol. The van der Waals surface area contributed by atoms with Crippen molar-refractivity contribution in [1.82, 2.24) is 4.98 Å². The monoisotopic (exact) mass is 264 g/mol. The molecule has 0 bridgehead atoms. The van der Waals surface area contributed by atoms with Crippen LogP contribution in [0.4, 0.5) is 5.13 Å². The van der Waals surface area contributed by atoms with E-state index in [1.54, 1.807) is 11.3 Å². The Morgan fingerprint density at radius 2 is 2.11 bits per heavy atom. The molecule has 1 aromatic heterocycles. The van der Waals surface area contributed by atoms with Gasteiger partial charge in [-0.2, -0.15) is 0 Å². The molecule has 1 saturated heterocycles. The lowest BCUT2D eigenvalue weighted by atomic mass is 10.2. The van der Waals surface area contributed by atoms with Crippen LogP contribution in [0.15, 0.2) is 24.3 Å².